The van der Waals surface area contributed by atoms with Crippen LogP contribution in [0.5, 0.6) is 5.75 Å². The molecular weight excluding hydrogens is 404 g/mol. The average molecular weight is 416 g/mol. The highest BCUT2D eigenvalue weighted by molar-refractivity contribution is 5.95. The van der Waals surface area contributed by atoms with Crippen molar-refractivity contribution in [3.05, 3.63) is 60.0 Å². The van der Waals surface area contributed by atoms with Crippen LogP contribution in [-0.2, 0) is 0 Å². The van der Waals surface area contributed by atoms with E-state index in [1.807, 2.05) is 24.3 Å². The van der Waals surface area contributed by atoms with E-state index in [-0.39, 0.29) is 23.5 Å². The number of aromatic nitrogens is 4. The Morgan fingerprint density at radius 2 is 1.81 bits per heavy atom. The number of aromatic amines is 1. The van der Waals surface area contributed by atoms with Crippen molar-refractivity contribution in [2.75, 3.05) is 11.9 Å². The highest BCUT2D eigenvalue weighted by Crippen LogP contribution is 2.43. The van der Waals surface area contributed by atoms with E-state index in [9.17, 15) is 10.5 Å². The first-order valence-corrected chi connectivity index (χ1v) is 9.48. The van der Waals surface area contributed by atoms with E-state index in [2.05, 4.69) is 32.4 Å². The summed E-state index contributed by atoms with van der Waals surface area (Å²) in [6, 6.07) is 14.6. The molecular formula is C23H12N8O. The first-order chi connectivity index (χ1) is 15.7. The number of pyridine rings is 2. The van der Waals surface area contributed by atoms with E-state index in [1.54, 1.807) is 18.6 Å². The van der Waals surface area contributed by atoms with Crippen molar-refractivity contribution in [2.24, 2.45) is 0 Å². The Morgan fingerprint density at radius 3 is 2.56 bits per heavy atom. The summed E-state index contributed by atoms with van der Waals surface area (Å²) in [5, 5.41) is 31.6. The van der Waals surface area contributed by atoms with Gasteiger partial charge in [0.2, 0.25) is 0 Å². The first-order valence-electron chi connectivity index (χ1n) is 9.48. The zero-order chi connectivity index (χ0) is 22.1. The summed E-state index contributed by atoms with van der Waals surface area (Å²) >= 11 is 0. The fraction of sp³-hybridized carbons (Fsp3) is 0.0435. The van der Waals surface area contributed by atoms with Crippen molar-refractivity contribution >= 4 is 11.5 Å². The van der Waals surface area contributed by atoms with Crippen molar-refractivity contribution in [1.29, 1.82) is 15.8 Å². The number of hydrogen-bond acceptors (Lipinski definition) is 8. The highest BCUT2D eigenvalue weighted by atomic mass is 16.5. The minimum absolute atomic E-state index is 0.189. The summed E-state index contributed by atoms with van der Waals surface area (Å²) in [5.74, 6) is 1.26. The van der Waals surface area contributed by atoms with Gasteiger partial charge in [-0.05, 0) is 30.3 Å². The number of imidazole rings is 1. The number of rotatable bonds is 3. The van der Waals surface area contributed by atoms with Gasteiger partial charge < -0.3 is 15.0 Å². The number of nitriles is 3. The third-order valence-electron chi connectivity index (χ3n) is 5.00. The number of nitrogens with one attached hydrogen (secondary N) is 2. The molecule has 0 bridgehead atoms. The van der Waals surface area contributed by atoms with Crippen molar-refractivity contribution < 1.29 is 4.74 Å². The molecule has 150 valence electrons. The Kier molecular flexibility index (Phi) is 4.45. The van der Waals surface area contributed by atoms with Gasteiger partial charge in [-0.1, -0.05) is 0 Å². The smallest absolute Gasteiger partial charge is 0.174 e. The Labute approximate surface area is 182 Å². The van der Waals surface area contributed by atoms with Gasteiger partial charge in [0.1, 0.15) is 41.3 Å². The van der Waals surface area contributed by atoms with Gasteiger partial charge in [0.15, 0.2) is 6.61 Å². The maximum atomic E-state index is 9.76. The molecule has 4 heterocycles. The molecule has 9 heteroatoms. The standard InChI is InChI=1S/C23H12N8O/c24-4-7-32-15-8-13(10-25)19(14(9-15)11-26)23-30-20-16-3-6-27-12-18(16)29-22-17(21(20)31-23)2-1-5-28-22/h1-3,5-6,8-9,12H,7H2,(H,28,29)(H,30,31). The molecule has 1 aromatic carbocycles. The van der Waals surface area contributed by atoms with Crippen molar-refractivity contribution in [3.8, 4) is 57.9 Å². The summed E-state index contributed by atoms with van der Waals surface area (Å²) in [7, 11) is 0. The number of anilines is 2. The predicted octanol–water partition coefficient (Wildman–Crippen LogP) is 3.90. The van der Waals surface area contributed by atoms with Crippen molar-refractivity contribution in [3.63, 3.8) is 0 Å². The maximum absolute atomic E-state index is 9.76. The molecule has 0 saturated carbocycles. The van der Waals surface area contributed by atoms with E-state index in [1.165, 1.54) is 12.1 Å². The van der Waals surface area contributed by atoms with Crippen LogP contribution in [0.15, 0.2) is 48.9 Å². The second kappa shape index (κ2) is 7.56. The Balaban J connectivity index is 1.76. The van der Waals surface area contributed by atoms with Crippen LogP contribution >= 0.6 is 0 Å². The molecule has 4 aromatic rings. The molecule has 32 heavy (non-hydrogen) atoms. The van der Waals surface area contributed by atoms with Gasteiger partial charge >= 0.3 is 0 Å². The lowest BCUT2D eigenvalue weighted by molar-refractivity contribution is 0.368. The van der Waals surface area contributed by atoms with E-state index < -0.39 is 0 Å². The van der Waals surface area contributed by atoms with Gasteiger partial charge in [0.25, 0.3) is 0 Å². The van der Waals surface area contributed by atoms with E-state index in [0.717, 1.165) is 16.8 Å². The molecule has 0 aliphatic carbocycles. The van der Waals surface area contributed by atoms with Gasteiger partial charge in [0.05, 0.1) is 34.3 Å². The molecule has 0 spiro atoms. The number of H-pyrrole nitrogens is 1. The Hall–Kier alpha value is -5.20. The normalized spacial score (nSPS) is 10.8. The molecule has 1 aliphatic rings. The summed E-state index contributed by atoms with van der Waals surface area (Å²) < 4.78 is 5.30. The van der Waals surface area contributed by atoms with Crippen LogP contribution in [0.4, 0.5) is 11.5 Å². The molecule has 0 radical (unpaired) electrons. The Bertz CT molecular complexity index is 1400. The molecule has 0 fully saturated rings. The van der Waals surface area contributed by atoms with Crippen molar-refractivity contribution in [1.82, 2.24) is 19.9 Å². The molecule has 2 N–H and O–H groups in total. The zero-order valence-electron chi connectivity index (χ0n) is 16.4. The van der Waals surface area contributed by atoms with Gasteiger partial charge in [-0.25, -0.2) is 9.97 Å². The fourth-order valence-corrected chi connectivity index (χ4v) is 3.66. The third-order valence-corrected chi connectivity index (χ3v) is 5.00. The van der Waals surface area contributed by atoms with Gasteiger partial charge in [0, 0.05) is 23.5 Å². The van der Waals surface area contributed by atoms with Crippen LogP contribution in [0, 0.1) is 34.0 Å². The third kappa shape index (κ3) is 2.97. The van der Waals surface area contributed by atoms with Crippen LogP contribution in [0.25, 0.3) is 33.9 Å². The second-order valence-electron chi connectivity index (χ2n) is 6.82. The van der Waals surface area contributed by atoms with Crippen LogP contribution in [-0.4, -0.2) is 26.5 Å². The monoisotopic (exact) mass is 416 g/mol. The Morgan fingerprint density at radius 1 is 1.00 bits per heavy atom. The molecule has 1 aliphatic heterocycles. The second-order valence-corrected chi connectivity index (χ2v) is 6.82. The van der Waals surface area contributed by atoms with E-state index >= 15 is 0 Å². The van der Waals surface area contributed by atoms with Crippen LogP contribution in [0.3, 0.4) is 0 Å². The van der Waals surface area contributed by atoms with E-state index in [4.69, 9.17) is 15.0 Å². The average Bonchev–Trinajstić information content (AvgIpc) is 3.22. The topological polar surface area (TPSA) is 147 Å². The molecule has 0 amide bonds. The number of fused-ring (bicyclic) bond motifs is 5. The minimum atomic E-state index is -0.189. The number of ether oxygens (including phenoxy) is 1. The number of benzene rings is 1. The lowest BCUT2D eigenvalue weighted by atomic mass is 10.0. The minimum Gasteiger partial charge on any atom is -0.479 e. The van der Waals surface area contributed by atoms with Gasteiger partial charge in [-0.15, -0.1) is 0 Å². The molecule has 0 saturated heterocycles. The van der Waals surface area contributed by atoms with Crippen molar-refractivity contribution in [2.45, 2.75) is 0 Å². The number of hydrogen-bond donors (Lipinski definition) is 2. The summed E-state index contributed by atoms with van der Waals surface area (Å²) in [4.78, 5) is 16.7. The lowest BCUT2D eigenvalue weighted by Gasteiger charge is -2.09. The predicted molar refractivity (Wildman–Crippen MR) is 114 cm³/mol. The largest absolute Gasteiger partial charge is 0.479 e. The molecule has 0 unspecified atom stereocenters. The number of nitrogens with zero attached hydrogens (tertiary/aromatic N) is 6. The molecule has 3 aromatic heterocycles. The molecule has 9 nitrogen and oxygen atoms in total. The zero-order valence-corrected chi connectivity index (χ0v) is 16.4. The summed E-state index contributed by atoms with van der Waals surface area (Å²) in [5.41, 5.74) is 4.49. The van der Waals surface area contributed by atoms with Crippen LogP contribution < -0.4 is 10.1 Å². The molecule has 0 atom stereocenters. The quantitative estimate of drug-likeness (QED) is 0.450. The molecule has 5 rings (SSSR count). The maximum Gasteiger partial charge on any atom is 0.174 e. The van der Waals surface area contributed by atoms with Crippen LogP contribution in [0.2, 0.25) is 0 Å². The SMILES string of the molecule is N#CCOc1cc(C#N)c(-c2nc3c([nH]2)-c2ccncc2Nc2ncccc2-3)c(C#N)c1. The summed E-state index contributed by atoms with van der Waals surface area (Å²) in [6.07, 6.45) is 5.06. The van der Waals surface area contributed by atoms with Gasteiger partial charge in [-0.3, -0.25) is 4.98 Å². The summed E-state index contributed by atoms with van der Waals surface area (Å²) in [6.45, 7) is -0.189. The highest BCUT2D eigenvalue weighted by Gasteiger charge is 2.26. The van der Waals surface area contributed by atoms with Crippen LogP contribution in [0.1, 0.15) is 11.1 Å². The van der Waals surface area contributed by atoms with Gasteiger partial charge in [-0.2, -0.15) is 15.8 Å². The fourth-order valence-electron chi connectivity index (χ4n) is 3.66. The first kappa shape index (κ1) is 18.8. The lowest BCUT2D eigenvalue weighted by Crippen LogP contribution is -1.99. The van der Waals surface area contributed by atoms with E-state index in [0.29, 0.717) is 28.6 Å².